The minimum atomic E-state index is 0.748. The summed E-state index contributed by atoms with van der Waals surface area (Å²) in [5.74, 6) is 1.78. The quantitative estimate of drug-likeness (QED) is 0.860. The molecule has 2 heterocycles. The van der Waals surface area contributed by atoms with E-state index < -0.39 is 0 Å². The topological polar surface area (TPSA) is 48.1 Å². The molecule has 1 N–H and O–H groups in total. The Balaban J connectivity index is 1.72. The molecular formula is C13H25N5. The first-order valence-corrected chi connectivity index (χ1v) is 6.95. The van der Waals surface area contributed by atoms with Crippen molar-refractivity contribution in [1.82, 2.24) is 25.0 Å². The Labute approximate surface area is 110 Å². The van der Waals surface area contributed by atoms with E-state index in [0.29, 0.717) is 0 Å². The minimum absolute atomic E-state index is 0.748. The van der Waals surface area contributed by atoms with Gasteiger partial charge in [0.1, 0.15) is 5.82 Å². The van der Waals surface area contributed by atoms with Crippen molar-refractivity contribution in [2.24, 2.45) is 0 Å². The van der Waals surface area contributed by atoms with Crippen molar-refractivity contribution < 1.29 is 0 Å². The molecule has 1 fully saturated rings. The Bertz CT molecular complexity index is 362. The zero-order valence-corrected chi connectivity index (χ0v) is 11.8. The number of H-pyrrole nitrogens is 1. The summed E-state index contributed by atoms with van der Waals surface area (Å²) < 4.78 is 0. The molecule has 2 rings (SSSR count). The maximum atomic E-state index is 4.34. The first-order chi connectivity index (χ1) is 8.65. The van der Waals surface area contributed by atoms with Gasteiger partial charge in [0, 0.05) is 19.1 Å². The smallest absolute Gasteiger partial charge is 0.164 e. The van der Waals surface area contributed by atoms with Crippen LogP contribution in [0.1, 0.15) is 37.8 Å². The number of likely N-dealkylation sites (N-methyl/N-ethyl adjacent to an activating group) is 1. The lowest BCUT2D eigenvalue weighted by Gasteiger charge is -2.34. The van der Waals surface area contributed by atoms with E-state index in [0.717, 1.165) is 37.3 Å². The molecule has 1 aliphatic heterocycles. The van der Waals surface area contributed by atoms with Crippen molar-refractivity contribution in [3.63, 3.8) is 0 Å². The number of aromatic nitrogens is 3. The third-order valence-electron chi connectivity index (χ3n) is 3.76. The molecule has 0 saturated carbocycles. The highest BCUT2D eigenvalue weighted by molar-refractivity contribution is 4.87. The lowest BCUT2D eigenvalue weighted by molar-refractivity contribution is 0.140. The zero-order valence-electron chi connectivity index (χ0n) is 11.8. The van der Waals surface area contributed by atoms with Gasteiger partial charge in [-0.3, -0.25) is 14.9 Å². The van der Waals surface area contributed by atoms with Gasteiger partial charge in [-0.1, -0.05) is 6.42 Å². The first kappa shape index (κ1) is 13.5. The van der Waals surface area contributed by atoms with Crippen LogP contribution in [0.3, 0.4) is 0 Å². The van der Waals surface area contributed by atoms with E-state index in [1.165, 1.54) is 25.8 Å². The normalized spacial score (nSPS) is 21.7. The number of aryl methyl sites for hydroxylation is 1. The Hall–Kier alpha value is -0.940. The van der Waals surface area contributed by atoms with Crippen LogP contribution in [-0.2, 0) is 6.54 Å². The van der Waals surface area contributed by atoms with Crippen molar-refractivity contribution in [2.45, 2.75) is 45.7 Å². The van der Waals surface area contributed by atoms with Crippen LogP contribution in [0.15, 0.2) is 0 Å². The fourth-order valence-corrected chi connectivity index (χ4v) is 2.57. The van der Waals surface area contributed by atoms with Crippen molar-refractivity contribution in [3.05, 3.63) is 11.6 Å². The Morgan fingerprint density at radius 3 is 2.94 bits per heavy atom. The summed E-state index contributed by atoms with van der Waals surface area (Å²) >= 11 is 0. The summed E-state index contributed by atoms with van der Waals surface area (Å²) in [6.07, 6.45) is 4.10. The van der Waals surface area contributed by atoms with Crippen LogP contribution in [0, 0.1) is 6.92 Å². The third kappa shape index (κ3) is 3.78. The van der Waals surface area contributed by atoms with E-state index in [4.69, 9.17) is 0 Å². The van der Waals surface area contributed by atoms with Gasteiger partial charge in [-0.2, -0.15) is 5.10 Å². The molecule has 1 saturated heterocycles. The van der Waals surface area contributed by atoms with E-state index >= 15 is 0 Å². The monoisotopic (exact) mass is 251 g/mol. The summed E-state index contributed by atoms with van der Waals surface area (Å²) in [6, 6.07) is 0.748. The van der Waals surface area contributed by atoms with Crippen LogP contribution in [-0.4, -0.2) is 57.7 Å². The third-order valence-corrected chi connectivity index (χ3v) is 3.76. The second kappa shape index (κ2) is 6.29. The summed E-state index contributed by atoms with van der Waals surface area (Å²) in [5, 5.41) is 7.06. The van der Waals surface area contributed by atoms with Gasteiger partial charge >= 0.3 is 0 Å². The fourth-order valence-electron chi connectivity index (χ4n) is 2.57. The van der Waals surface area contributed by atoms with Crippen molar-refractivity contribution in [1.29, 1.82) is 0 Å². The SMILES string of the molecule is Cc1nc(CN(C)CCN2CCCC[C@H]2C)n[nH]1. The molecule has 0 radical (unpaired) electrons. The van der Waals surface area contributed by atoms with Crippen molar-refractivity contribution in [2.75, 3.05) is 26.7 Å². The molecule has 1 aliphatic rings. The summed E-state index contributed by atoms with van der Waals surface area (Å²) in [7, 11) is 2.14. The second-order valence-corrected chi connectivity index (χ2v) is 5.46. The van der Waals surface area contributed by atoms with Crippen LogP contribution in [0.5, 0.6) is 0 Å². The van der Waals surface area contributed by atoms with E-state index in [-0.39, 0.29) is 0 Å². The molecule has 102 valence electrons. The van der Waals surface area contributed by atoms with Crippen LogP contribution in [0.25, 0.3) is 0 Å². The van der Waals surface area contributed by atoms with Gasteiger partial charge in [0.2, 0.25) is 0 Å². The molecule has 0 bridgehead atoms. The molecule has 5 nitrogen and oxygen atoms in total. The summed E-state index contributed by atoms with van der Waals surface area (Å²) in [4.78, 5) is 9.23. The number of hydrogen-bond acceptors (Lipinski definition) is 4. The predicted molar refractivity (Wildman–Crippen MR) is 72.3 cm³/mol. The number of likely N-dealkylation sites (tertiary alicyclic amines) is 1. The Kier molecular flexibility index (Phi) is 4.72. The molecule has 0 aromatic carbocycles. The van der Waals surface area contributed by atoms with Gasteiger partial charge in [0.05, 0.1) is 6.54 Å². The number of nitrogens with one attached hydrogen (secondary N) is 1. The maximum Gasteiger partial charge on any atom is 0.164 e. The molecule has 1 aromatic rings. The minimum Gasteiger partial charge on any atom is -0.299 e. The second-order valence-electron chi connectivity index (χ2n) is 5.46. The maximum absolute atomic E-state index is 4.34. The molecule has 1 aromatic heterocycles. The van der Waals surface area contributed by atoms with Crippen LogP contribution in [0.4, 0.5) is 0 Å². The van der Waals surface area contributed by atoms with Gasteiger partial charge < -0.3 is 0 Å². The van der Waals surface area contributed by atoms with E-state index in [9.17, 15) is 0 Å². The number of piperidine rings is 1. The lowest BCUT2D eigenvalue weighted by Crippen LogP contribution is -2.41. The number of aromatic amines is 1. The number of nitrogens with zero attached hydrogens (tertiary/aromatic N) is 4. The van der Waals surface area contributed by atoms with Gasteiger partial charge in [0.15, 0.2) is 5.82 Å². The average Bonchev–Trinajstić information content (AvgIpc) is 2.74. The van der Waals surface area contributed by atoms with Crippen molar-refractivity contribution >= 4 is 0 Å². The molecule has 0 unspecified atom stereocenters. The highest BCUT2D eigenvalue weighted by Crippen LogP contribution is 2.15. The lowest BCUT2D eigenvalue weighted by atomic mass is 10.0. The molecule has 0 spiro atoms. The molecule has 18 heavy (non-hydrogen) atoms. The predicted octanol–water partition coefficient (Wildman–Crippen LogP) is 1.42. The highest BCUT2D eigenvalue weighted by Gasteiger charge is 2.18. The first-order valence-electron chi connectivity index (χ1n) is 6.95. The number of rotatable bonds is 5. The molecule has 0 amide bonds. The molecule has 1 atom stereocenters. The van der Waals surface area contributed by atoms with Crippen molar-refractivity contribution in [3.8, 4) is 0 Å². The van der Waals surface area contributed by atoms with Crippen LogP contribution < -0.4 is 0 Å². The van der Waals surface area contributed by atoms with E-state index in [1.807, 2.05) is 6.92 Å². The molecular weight excluding hydrogens is 226 g/mol. The van der Waals surface area contributed by atoms with Crippen LogP contribution in [0.2, 0.25) is 0 Å². The highest BCUT2D eigenvalue weighted by atomic mass is 15.3. The number of hydrogen-bond donors (Lipinski definition) is 1. The standard InChI is InChI=1S/C13H25N5/c1-11-6-4-5-7-18(11)9-8-17(3)10-13-14-12(2)15-16-13/h11H,4-10H2,1-3H3,(H,14,15,16)/t11-/m1/s1. The average molecular weight is 251 g/mol. The van der Waals surface area contributed by atoms with E-state index in [2.05, 4.69) is 39.0 Å². The van der Waals surface area contributed by atoms with E-state index in [1.54, 1.807) is 0 Å². The largest absolute Gasteiger partial charge is 0.299 e. The van der Waals surface area contributed by atoms with Gasteiger partial charge in [-0.15, -0.1) is 0 Å². The Morgan fingerprint density at radius 2 is 2.28 bits per heavy atom. The fraction of sp³-hybridized carbons (Fsp3) is 0.846. The summed E-state index contributed by atoms with van der Waals surface area (Å²) in [6.45, 7) is 8.60. The summed E-state index contributed by atoms with van der Waals surface area (Å²) in [5.41, 5.74) is 0. The van der Waals surface area contributed by atoms with Gasteiger partial charge in [-0.05, 0) is 40.3 Å². The van der Waals surface area contributed by atoms with Crippen LogP contribution >= 0.6 is 0 Å². The zero-order chi connectivity index (χ0) is 13.0. The molecule has 5 heteroatoms. The molecule has 0 aliphatic carbocycles. The Morgan fingerprint density at radius 1 is 1.44 bits per heavy atom. The van der Waals surface area contributed by atoms with Gasteiger partial charge in [0.25, 0.3) is 0 Å². The van der Waals surface area contributed by atoms with Gasteiger partial charge in [-0.25, -0.2) is 4.98 Å².